The first-order valence-electron chi connectivity index (χ1n) is 9.14. The Morgan fingerprint density at radius 2 is 1.65 bits per heavy atom. The highest BCUT2D eigenvalue weighted by Crippen LogP contribution is 2.20. The Bertz CT molecular complexity index is 697. The number of rotatable bonds is 8. The van der Waals surface area contributed by atoms with Crippen LogP contribution in [0.15, 0.2) is 53.4 Å². The fourth-order valence-corrected chi connectivity index (χ4v) is 4.02. The number of nitrogens with zero attached hydrogens (tertiary/aromatic N) is 1. The first kappa shape index (κ1) is 19.3. The van der Waals surface area contributed by atoms with E-state index in [2.05, 4.69) is 34.5 Å². The Morgan fingerprint density at radius 1 is 1.00 bits per heavy atom. The number of halogens is 1. The van der Waals surface area contributed by atoms with Gasteiger partial charge in [0.1, 0.15) is 0 Å². The van der Waals surface area contributed by atoms with Gasteiger partial charge in [-0.25, -0.2) is 0 Å². The summed E-state index contributed by atoms with van der Waals surface area (Å²) < 4.78 is 0. The minimum Gasteiger partial charge on any atom is -0.352 e. The minimum atomic E-state index is 0.0904. The van der Waals surface area contributed by atoms with Crippen LogP contribution in [-0.4, -0.2) is 29.6 Å². The van der Waals surface area contributed by atoms with Gasteiger partial charge in [0, 0.05) is 35.2 Å². The quantitative estimate of drug-likeness (QED) is 0.663. The Balaban J connectivity index is 1.35. The lowest BCUT2D eigenvalue weighted by molar-refractivity contribution is -0.120. The van der Waals surface area contributed by atoms with Crippen LogP contribution < -0.4 is 5.32 Å². The van der Waals surface area contributed by atoms with E-state index >= 15 is 0 Å². The molecule has 0 bridgehead atoms. The van der Waals surface area contributed by atoms with Crippen LogP contribution in [0.5, 0.6) is 0 Å². The molecule has 1 aliphatic heterocycles. The fraction of sp³-hybridized carbons (Fsp3) is 0.381. The van der Waals surface area contributed by atoms with Gasteiger partial charge in [-0.2, -0.15) is 0 Å². The molecule has 0 spiro atoms. The molecule has 1 heterocycles. The molecule has 0 atom stereocenters. The monoisotopic (exact) mass is 388 g/mol. The molecule has 0 aliphatic carbocycles. The number of carbonyl (C=O) groups is 1. The van der Waals surface area contributed by atoms with Gasteiger partial charge in [-0.3, -0.25) is 9.69 Å². The summed E-state index contributed by atoms with van der Waals surface area (Å²) in [5.74, 6) is 0.856. The van der Waals surface area contributed by atoms with Crippen molar-refractivity contribution in [1.82, 2.24) is 10.2 Å². The Morgan fingerprint density at radius 3 is 2.35 bits per heavy atom. The lowest BCUT2D eigenvalue weighted by Crippen LogP contribution is -2.23. The van der Waals surface area contributed by atoms with E-state index in [1.807, 2.05) is 24.3 Å². The van der Waals surface area contributed by atoms with Crippen LogP contribution in [0.3, 0.4) is 0 Å². The molecule has 1 N–H and O–H groups in total. The van der Waals surface area contributed by atoms with Gasteiger partial charge in [-0.15, -0.1) is 11.8 Å². The van der Waals surface area contributed by atoms with E-state index in [1.165, 1.54) is 31.5 Å². The molecule has 3 nitrogen and oxygen atoms in total. The summed E-state index contributed by atoms with van der Waals surface area (Å²) in [6, 6.07) is 16.3. The van der Waals surface area contributed by atoms with Gasteiger partial charge in [-0.05, 0) is 61.3 Å². The van der Waals surface area contributed by atoms with Crippen molar-refractivity contribution >= 4 is 29.3 Å². The van der Waals surface area contributed by atoms with Crippen molar-refractivity contribution in [2.75, 3.05) is 18.8 Å². The summed E-state index contributed by atoms with van der Waals surface area (Å²) >= 11 is 7.54. The minimum absolute atomic E-state index is 0.0904. The third-order valence-corrected chi connectivity index (χ3v) is 5.79. The maximum absolute atomic E-state index is 12.0. The van der Waals surface area contributed by atoms with Crippen LogP contribution in [0, 0.1) is 0 Å². The number of carbonyl (C=O) groups excluding carboxylic acids is 1. The van der Waals surface area contributed by atoms with Gasteiger partial charge in [-0.1, -0.05) is 35.9 Å². The number of likely N-dealkylation sites (tertiary alicyclic amines) is 1. The molecule has 0 unspecified atom stereocenters. The van der Waals surface area contributed by atoms with Crippen molar-refractivity contribution < 1.29 is 4.79 Å². The molecule has 1 amide bonds. The second-order valence-electron chi connectivity index (χ2n) is 6.63. The van der Waals surface area contributed by atoms with Gasteiger partial charge < -0.3 is 5.32 Å². The highest BCUT2D eigenvalue weighted by Gasteiger charge is 2.11. The van der Waals surface area contributed by atoms with E-state index in [0.29, 0.717) is 13.0 Å². The zero-order chi connectivity index (χ0) is 18.2. The Hall–Kier alpha value is -1.49. The van der Waals surface area contributed by atoms with E-state index in [0.717, 1.165) is 27.8 Å². The third kappa shape index (κ3) is 6.35. The zero-order valence-corrected chi connectivity index (χ0v) is 16.5. The van der Waals surface area contributed by atoms with E-state index in [1.54, 1.807) is 11.8 Å². The molecule has 1 aliphatic rings. The summed E-state index contributed by atoms with van der Waals surface area (Å²) in [4.78, 5) is 15.6. The average Bonchev–Trinajstić information content (AvgIpc) is 3.16. The summed E-state index contributed by atoms with van der Waals surface area (Å²) in [5, 5.41) is 3.74. The van der Waals surface area contributed by atoms with Crippen molar-refractivity contribution in [2.24, 2.45) is 0 Å². The summed E-state index contributed by atoms with van der Waals surface area (Å²) in [7, 11) is 0. The number of amides is 1. The highest BCUT2D eigenvalue weighted by atomic mass is 35.5. The fourth-order valence-electron chi connectivity index (χ4n) is 3.04. The normalized spacial score (nSPS) is 14.5. The molecule has 3 rings (SSSR count). The summed E-state index contributed by atoms with van der Waals surface area (Å²) in [6.07, 6.45) is 3.15. The maximum atomic E-state index is 12.0. The van der Waals surface area contributed by atoms with E-state index in [9.17, 15) is 4.79 Å². The molecule has 0 aromatic heterocycles. The van der Waals surface area contributed by atoms with E-state index in [4.69, 9.17) is 11.6 Å². The molecule has 2 aromatic carbocycles. The number of benzene rings is 2. The van der Waals surface area contributed by atoms with Crippen molar-refractivity contribution in [3.63, 3.8) is 0 Å². The molecular formula is C21H25ClN2OS. The van der Waals surface area contributed by atoms with Crippen molar-refractivity contribution in [2.45, 2.75) is 37.2 Å². The van der Waals surface area contributed by atoms with Crippen molar-refractivity contribution in [3.05, 3.63) is 64.7 Å². The Kier molecular flexibility index (Phi) is 7.42. The van der Waals surface area contributed by atoms with Gasteiger partial charge in [0.2, 0.25) is 5.91 Å². The van der Waals surface area contributed by atoms with E-state index in [-0.39, 0.29) is 5.91 Å². The SMILES string of the molecule is O=C(CCSc1ccc(Cl)cc1)NCc1ccc(CN2CCCC2)cc1. The lowest BCUT2D eigenvalue weighted by Gasteiger charge is -2.14. The second kappa shape index (κ2) is 10.0. The molecule has 2 aromatic rings. The summed E-state index contributed by atoms with van der Waals surface area (Å²) in [5.41, 5.74) is 2.50. The van der Waals surface area contributed by atoms with Crippen LogP contribution in [0.2, 0.25) is 5.02 Å². The predicted molar refractivity (Wildman–Crippen MR) is 110 cm³/mol. The summed E-state index contributed by atoms with van der Waals surface area (Å²) in [6.45, 7) is 4.06. The number of thioether (sulfide) groups is 1. The molecule has 26 heavy (non-hydrogen) atoms. The van der Waals surface area contributed by atoms with Crippen LogP contribution in [0.4, 0.5) is 0 Å². The third-order valence-electron chi connectivity index (χ3n) is 4.53. The zero-order valence-electron chi connectivity index (χ0n) is 14.9. The average molecular weight is 389 g/mol. The molecule has 1 fully saturated rings. The molecule has 138 valence electrons. The molecule has 5 heteroatoms. The van der Waals surface area contributed by atoms with Gasteiger partial charge in [0.15, 0.2) is 0 Å². The predicted octanol–water partition coefficient (Wildman–Crippen LogP) is 4.73. The molecule has 0 radical (unpaired) electrons. The second-order valence-corrected chi connectivity index (χ2v) is 8.23. The smallest absolute Gasteiger partial charge is 0.221 e. The van der Waals surface area contributed by atoms with Crippen LogP contribution in [0.25, 0.3) is 0 Å². The van der Waals surface area contributed by atoms with Gasteiger partial charge in [0.05, 0.1) is 0 Å². The highest BCUT2D eigenvalue weighted by molar-refractivity contribution is 7.99. The lowest BCUT2D eigenvalue weighted by atomic mass is 10.1. The first-order valence-corrected chi connectivity index (χ1v) is 10.5. The van der Waals surface area contributed by atoms with Crippen LogP contribution in [0.1, 0.15) is 30.4 Å². The standard InChI is InChI=1S/C21H25ClN2OS/c22-19-7-9-20(10-8-19)26-14-11-21(25)23-15-17-3-5-18(6-4-17)16-24-12-1-2-13-24/h3-10H,1-2,11-16H2,(H,23,25). The molecular weight excluding hydrogens is 364 g/mol. The van der Waals surface area contributed by atoms with E-state index < -0.39 is 0 Å². The number of nitrogens with one attached hydrogen (secondary N) is 1. The first-order chi connectivity index (χ1) is 12.7. The Labute approximate surface area is 165 Å². The number of hydrogen-bond donors (Lipinski definition) is 1. The van der Waals surface area contributed by atoms with Gasteiger partial charge >= 0.3 is 0 Å². The molecule has 1 saturated heterocycles. The van der Waals surface area contributed by atoms with Crippen molar-refractivity contribution in [3.8, 4) is 0 Å². The topological polar surface area (TPSA) is 32.3 Å². The van der Waals surface area contributed by atoms with Gasteiger partial charge in [0.25, 0.3) is 0 Å². The van der Waals surface area contributed by atoms with Crippen molar-refractivity contribution in [1.29, 1.82) is 0 Å². The largest absolute Gasteiger partial charge is 0.352 e. The maximum Gasteiger partial charge on any atom is 0.221 e. The molecule has 0 saturated carbocycles. The van der Waals surface area contributed by atoms with Crippen LogP contribution >= 0.6 is 23.4 Å². The van der Waals surface area contributed by atoms with Crippen LogP contribution in [-0.2, 0) is 17.9 Å². The number of hydrogen-bond acceptors (Lipinski definition) is 3.